The van der Waals surface area contributed by atoms with Crippen LogP contribution in [0.25, 0.3) is 0 Å². The Hall–Kier alpha value is -1.79. The maximum absolute atomic E-state index is 12.9. The topological polar surface area (TPSA) is 76.2 Å². The Kier molecular flexibility index (Phi) is 5.72. The van der Waals surface area contributed by atoms with Gasteiger partial charge in [-0.1, -0.05) is 0 Å². The molecule has 2 aliphatic rings. The van der Waals surface area contributed by atoms with Gasteiger partial charge in [0.2, 0.25) is 5.91 Å². The first kappa shape index (κ1) is 18.5. The average molecular weight is 340 g/mol. The molecule has 24 heavy (non-hydrogen) atoms. The number of esters is 1. The Morgan fingerprint density at radius 3 is 2.17 bits per heavy atom. The van der Waals surface area contributed by atoms with Gasteiger partial charge >= 0.3 is 12.1 Å². The van der Waals surface area contributed by atoms with Crippen LogP contribution in [0.15, 0.2) is 0 Å². The summed E-state index contributed by atoms with van der Waals surface area (Å²) in [5.74, 6) is -0.529. The summed E-state index contributed by atoms with van der Waals surface area (Å²) in [5.41, 5.74) is -0.603. The molecule has 2 fully saturated rings. The van der Waals surface area contributed by atoms with Crippen LogP contribution in [0.3, 0.4) is 0 Å². The largest absolute Gasteiger partial charge is 0.464 e. The van der Waals surface area contributed by atoms with E-state index in [1.54, 1.807) is 32.6 Å². The fourth-order valence-electron chi connectivity index (χ4n) is 3.27. The lowest BCUT2D eigenvalue weighted by Crippen LogP contribution is -2.52. The predicted octanol–water partition coefficient (Wildman–Crippen LogP) is 1.94. The minimum Gasteiger partial charge on any atom is -0.464 e. The Balaban J connectivity index is 2.07. The summed E-state index contributed by atoms with van der Waals surface area (Å²) in [6.07, 6.45) is 2.28. The van der Waals surface area contributed by atoms with Crippen molar-refractivity contribution in [1.29, 1.82) is 0 Å². The first-order valence-electron chi connectivity index (χ1n) is 8.71. The molecule has 7 heteroatoms. The van der Waals surface area contributed by atoms with Gasteiger partial charge in [0.25, 0.3) is 0 Å². The lowest BCUT2D eigenvalue weighted by molar-refractivity contribution is -0.154. The zero-order valence-electron chi connectivity index (χ0n) is 15.0. The highest BCUT2D eigenvalue weighted by molar-refractivity contribution is 5.90. The number of nitrogens with zero attached hydrogens (tertiary/aromatic N) is 2. The summed E-state index contributed by atoms with van der Waals surface area (Å²) in [5, 5.41) is 0. The van der Waals surface area contributed by atoms with Crippen molar-refractivity contribution < 1.29 is 23.9 Å². The molecule has 0 radical (unpaired) electrons. The molecule has 2 rings (SSSR count). The van der Waals surface area contributed by atoms with Gasteiger partial charge in [-0.15, -0.1) is 0 Å². The van der Waals surface area contributed by atoms with Crippen LogP contribution >= 0.6 is 0 Å². The molecule has 136 valence electrons. The second kappa shape index (κ2) is 7.40. The second-order valence-electron chi connectivity index (χ2n) is 7.27. The Bertz CT molecular complexity index is 500. The summed E-state index contributed by atoms with van der Waals surface area (Å²) in [6, 6.07) is -1.08. The standard InChI is InChI=1S/C17H28N2O5/c1-5-23-15(21)13-9-7-10-18(13)14(20)12-8-6-11-19(12)16(22)24-17(2,3)4/h12-13H,5-11H2,1-4H3/t12-,13+/m1/s1. The molecule has 0 aromatic heterocycles. The van der Waals surface area contributed by atoms with E-state index in [1.807, 2.05) is 0 Å². The van der Waals surface area contributed by atoms with Crippen molar-refractivity contribution in [3.63, 3.8) is 0 Å². The predicted molar refractivity (Wildman–Crippen MR) is 87.3 cm³/mol. The second-order valence-corrected chi connectivity index (χ2v) is 7.27. The molecule has 7 nitrogen and oxygen atoms in total. The quantitative estimate of drug-likeness (QED) is 0.734. The van der Waals surface area contributed by atoms with Gasteiger partial charge in [-0.3, -0.25) is 9.69 Å². The molecule has 0 bridgehead atoms. The van der Waals surface area contributed by atoms with E-state index in [1.165, 1.54) is 4.90 Å². The van der Waals surface area contributed by atoms with Gasteiger partial charge in [-0.25, -0.2) is 9.59 Å². The third-order valence-corrected chi connectivity index (χ3v) is 4.26. The maximum atomic E-state index is 12.9. The van der Waals surface area contributed by atoms with Gasteiger partial charge < -0.3 is 14.4 Å². The van der Waals surface area contributed by atoms with E-state index < -0.39 is 23.8 Å². The van der Waals surface area contributed by atoms with Crippen LogP contribution < -0.4 is 0 Å². The van der Waals surface area contributed by atoms with E-state index >= 15 is 0 Å². The average Bonchev–Trinajstić information content (AvgIpc) is 3.14. The van der Waals surface area contributed by atoms with E-state index in [0.29, 0.717) is 32.5 Å². The van der Waals surface area contributed by atoms with Crippen molar-refractivity contribution >= 4 is 18.0 Å². The first-order chi connectivity index (χ1) is 11.2. The normalized spacial score (nSPS) is 24.2. The van der Waals surface area contributed by atoms with E-state index in [9.17, 15) is 14.4 Å². The molecule has 2 saturated heterocycles. The van der Waals surface area contributed by atoms with Crippen LogP contribution in [0.2, 0.25) is 0 Å². The molecular formula is C17H28N2O5. The molecule has 2 heterocycles. The summed E-state index contributed by atoms with van der Waals surface area (Å²) in [4.78, 5) is 40.4. The zero-order valence-corrected chi connectivity index (χ0v) is 15.0. The molecule has 2 aliphatic heterocycles. The zero-order chi connectivity index (χ0) is 17.9. The number of rotatable bonds is 3. The summed E-state index contributed by atoms with van der Waals surface area (Å²) < 4.78 is 10.5. The van der Waals surface area contributed by atoms with Crippen molar-refractivity contribution in [2.24, 2.45) is 0 Å². The SMILES string of the molecule is CCOC(=O)[C@@H]1CCCN1C(=O)[C@H]1CCCN1C(=O)OC(C)(C)C. The van der Waals surface area contributed by atoms with Gasteiger partial charge in [0, 0.05) is 13.1 Å². The van der Waals surface area contributed by atoms with Crippen LogP contribution in [-0.4, -0.2) is 65.2 Å². The molecule has 0 aliphatic carbocycles. The number of hydrogen-bond acceptors (Lipinski definition) is 5. The minimum atomic E-state index is -0.603. The molecule has 0 saturated carbocycles. The minimum absolute atomic E-state index is 0.172. The van der Waals surface area contributed by atoms with E-state index in [-0.39, 0.29) is 11.9 Å². The highest BCUT2D eigenvalue weighted by Crippen LogP contribution is 2.26. The molecule has 0 N–H and O–H groups in total. The third kappa shape index (κ3) is 4.19. The van der Waals surface area contributed by atoms with Crippen molar-refractivity contribution in [3.05, 3.63) is 0 Å². The van der Waals surface area contributed by atoms with Crippen molar-refractivity contribution in [3.8, 4) is 0 Å². The lowest BCUT2D eigenvalue weighted by atomic mass is 10.1. The van der Waals surface area contributed by atoms with Crippen LogP contribution in [0.5, 0.6) is 0 Å². The smallest absolute Gasteiger partial charge is 0.410 e. The molecule has 0 aromatic rings. The van der Waals surface area contributed by atoms with Crippen LogP contribution in [0.1, 0.15) is 53.4 Å². The number of amides is 2. The molecule has 0 spiro atoms. The Morgan fingerprint density at radius 2 is 1.58 bits per heavy atom. The number of ether oxygens (including phenoxy) is 2. The van der Waals surface area contributed by atoms with Crippen LogP contribution in [0.4, 0.5) is 4.79 Å². The molecule has 2 amide bonds. The highest BCUT2D eigenvalue weighted by Gasteiger charge is 2.43. The van der Waals surface area contributed by atoms with Gasteiger partial charge in [0.05, 0.1) is 6.61 Å². The molecule has 2 atom stereocenters. The van der Waals surface area contributed by atoms with Crippen molar-refractivity contribution in [2.75, 3.05) is 19.7 Å². The monoisotopic (exact) mass is 340 g/mol. The third-order valence-electron chi connectivity index (χ3n) is 4.26. The fourth-order valence-corrected chi connectivity index (χ4v) is 3.27. The maximum Gasteiger partial charge on any atom is 0.410 e. The van der Waals surface area contributed by atoms with Gasteiger partial charge in [0.15, 0.2) is 0 Å². The van der Waals surface area contributed by atoms with E-state index in [2.05, 4.69) is 0 Å². The number of likely N-dealkylation sites (tertiary alicyclic amines) is 2. The van der Waals surface area contributed by atoms with Gasteiger partial charge in [-0.2, -0.15) is 0 Å². The molecule has 0 unspecified atom stereocenters. The number of carbonyl (C=O) groups is 3. The lowest BCUT2D eigenvalue weighted by Gasteiger charge is -2.31. The first-order valence-corrected chi connectivity index (χ1v) is 8.71. The van der Waals surface area contributed by atoms with Crippen molar-refractivity contribution in [1.82, 2.24) is 9.80 Å². The van der Waals surface area contributed by atoms with E-state index in [0.717, 1.165) is 12.8 Å². The number of hydrogen-bond donors (Lipinski definition) is 0. The Morgan fingerprint density at radius 1 is 1.00 bits per heavy atom. The van der Waals surface area contributed by atoms with Crippen LogP contribution in [0, 0.1) is 0 Å². The summed E-state index contributed by atoms with van der Waals surface area (Å²) in [7, 11) is 0. The fraction of sp³-hybridized carbons (Fsp3) is 0.824. The van der Waals surface area contributed by atoms with Crippen molar-refractivity contribution in [2.45, 2.75) is 71.1 Å². The highest BCUT2D eigenvalue weighted by atomic mass is 16.6. The van der Waals surface area contributed by atoms with Crippen LogP contribution in [-0.2, 0) is 19.1 Å². The van der Waals surface area contributed by atoms with Gasteiger partial charge in [-0.05, 0) is 53.4 Å². The van der Waals surface area contributed by atoms with Gasteiger partial charge in [0.1, 0.15) is 17.7 Å². The molecule has 0 aromatic carbocycles. The summed E-state index contributed by atoms with van der Waals surface area (Å²) in [6.45, 7) is 8.48. The molecular weight excluding hydrogens is 312 g/mol. The summed E-state index contributed by atoms with van der Waals surface area (Å²) >= 11 is 0. The Labute approximate surface area is 143 Å². The van der Waals surface area contributed by atoms with E-state index in [4.69, 9.17) is 9.47 Å². The number of carbonyl (C=O) groups excluding carboxylic acids is 3.